The molecule has 132 valence electrons. The average molecular weight is 388 g/mol. The lowest BCUT2D eigenvalue weighted by molar-refractivity contribution is 0.0601. The number of benzene rings is 2. The Morgan fingerprint density at radius 2 is 1.92 bits per heavy atom. The van der Waals surface area contributed by atoms with Gasteiger partial charge in [-0.15, -0.1) is 0 Å². The monoisotopic (exact) mass is 387 g/mol. The lowest BCUT2D eigenvalue weighted by Crippen LogP contribution is -1.99. The summed E-state index contributed by atoms with van der Waals surface area (Å²) in [7, 11) is 1.34. The molecule has 0 N–H and O–H groups in total. The molecule has 1 aromatic heterocycles. The van der Waals surface area contributed by atoms with E-state index in [1.165, 1.54) is 7.11 Å². The van der Waals surface area contributed by atoms with Crippen LogP contribution in [0.2, 0.25) is 10.2 Å². The van der Waals surface area contributed by atoms with Gasteiger partial charge in [0.25, 0.3) is 0 Å². The molecule has 0 atom stereocenters. The fourth-order valence-corrected chi connectivity index (χ4v) is 2.88. The van der Waals surface area contributed by atoms with Crippen molar-refractivity contribution in [2.24, 2.45) is 4.99 Å². The molecular formula is C19H15Cl2N3O2. The largest absolute Gasteiger partial charge is 0.465 e. The first-order chi connectivity index (χ1) is 12.5. The lowest BCUT2D eigenvalue weighted by Gasteiger charge is -2.03. The maximum absolute atomic E-state index is 11.5. The Bertz CT molecular complexity index is 979. The van der Waals surface area contributed by atoms with E-state index in [1.54, 1.807) is 47.3 Å². The van der Waals surface area contributed by atoms with E-state index < -0.39 is 0 Å². The van der Waals surface area contributed by atoms with E-state index in [0.717, 1.165) is 11.4 Å². The molecule has 0 aliphatic carbocycles. The van der Waals surface area contributed by atoms with Crippen molar-refractivity contribution in [3.05, 3.63) is 75.5 Å². The lowest BCUT2D eigenvalue weighted by atomic mass is 10.2. The van der Waals surface area contributed by atoms with Crippen LogP contribution >= 0.6 is 23.2 Å². The van der Waals surface area contributed by atoms with Crippen LogP contribution in [0.1, 0.15) is 21.6 Å². The molecule has 2 aromatic carbocycles. The van der Waals surface area contributed by atoms with E-state index in [4.69, 9.17) is 23.2 Å². The number of aryl methyl sites for hydroxylation is 1. The van der Waals surface area contributed by atoms with Gasteiger partial charge in [-0.1, -0.05) is 29.3 Å². The van der Waals surface area contributed by atoms with Crippen molar-refractivity contribution in [3.63, 3.8) is 0 Å². The van der Waals surface area contributed by atoms with E-state index >= 15 is 0 Å². The van der Waals surface area contributed by atoms with Gasteiger partial charge in [0.05, 0.1) is 35.3 Å². The van der Waals surface area contributed by atoms with Gasteiger partial charge >= 0.3 is 5.97 Å². The van der Waals surface area contributed by atoms with Gasteiger partial charge < -0.3 is 4.74 Å². The van der Waals surface area contributed by atoms with Crippen LogP contribution in [0.25, 0.3) is 5.69 Å². The summed E-state index contributed by atoms with van der Waals surface area (Å²) < 4.78 is 6.29. The number of aliphatic imine (C=N–C) groups is 1. The summed E-state index contributed by atoms with van der Waals surface area (Å²) in [5.41, 5.74) is 3.37. The number of rotatable bonds is 4. The van der Waals surface area contributed by atoms with Crippen molar-refractivity contribution in [2.75, 3.05) is 7.11 Å². The van der Waals surface area contributed by atoms with Crippen molar-refractivity contribution in [3.8, 4) is 5.69 Å². The number of nitrogens with zero attached hydrogens (tertiary/aromatic N) is 3. The highest BCUT2D eigenvalue weighted by atomic mass is 35.5. The van der Waals surface area contributed by atoms with Crippen LogP contribution in [-0.2, 0) is 4.74 Å². The molecule has 0 bridgehead atoms. The first kappa shape index (κ1) is 18.2. The summed E-state index contributed by atoms with van der Waals surface area (Å²) in [4.78, 5) is 15.9. The molecule has 0 unspecified atom stereocenters. The standard InChI is InChI=1S/C19H15Cl2N3O2/c1-12-17(11-22-15-8-6-13(7-9-15)19(25)26-2)18(21)24(23-12)16-5-3-4-14(20)10-16/h3-11H,1-2H3. The van der Waals surface area contributed by atoms with Crippen LogP contribution < -0.4 is 0 Å². The second-order valence-electron chi connectivity index (χ2n) is 5.48. The molecule has 0 aliphatic rings. The molecule has 0 aliphatic heterocycles. The Balaban J connectivity index is 1.88. The highest BCUT2D eigenvalue weighted by molar-refractivity contribution is 6.32. The van der Waals surface area contributed by atoms with Gasteiger partial charge in [0.15, 0.2) is 0 Å². The van der Waals surface area contributed by atoms with Crippen molar-refractivity contribution < 1.29 is 9.53 Å². The zero-order valence-corrected chi connectivity index (χ0v) is 15.6. The SMILES string of the molecule is COC(=O)c1ccc(N=Cc2c(C)nn(-c3cccc(Cl)c3)c2Cl)cc1. The average Bonchev–Trinajstić information content (AvgIpc) is 2.94. The third-order valence-corrected chi connectivity index (χ3v) is 4.33. The van der Waals surface area contributed by atoms with Gasteiger partial charge in [0, 0.05) is 11.2 Å². The van der Waals surface area contributed by atoms with Crippen LogP contribution in [0.5, 0.6) is 0 Å². The Morgan fingerprint density at radius 1 is 1.19 bits per heavy atom. The summed E-state index contributed by atoms with van der Waals surface area (Å²) in [6.45, 7) is 1.86. The zero-order chi connectivity index (χ0) is 18.7. The minimum atomic E-state index is -0.387. The predicted molar refractivity (Wildman–Crippen MR) is 103 cm³/mol. The minimum Gasteiger partial charge on any atom is -0.465 e. The molecule has 7 heteroatoms. The molecule has 3 aromatic rings. The predicted octanol–water partition coefficient (Wildman–Crippen LogP) is 5.02. The Hall–Kier alpha value is -2.63. The van der Waals surface area contributed by atoms with E-state index in [-0.39, 0.29) is 5.97 Å². The highest BCUT2D eigenvalue weighted by Crippen LogP contribution is 2.24. The normalized spacial score (nSPS) is 11.1. The minimum absolute atomic E-state index is 0.387. The number of ether oxygens (including phenoxy) is 1. The van der Waals surface area contributed by atoms with Gasteiger partial charge in [-0.3, -0.25) is 4.99 Å². The van der Waals surface area contributed by atoms with E-state index in [1.807, 2.05) is 19.1 Å². The fourth-order valence-electron chi connectivity index (χ4n) is 2.38. The quantitative estimate of drug-likeness (QED) is 0.466. The second-order valence-corrected chi connectivity index (χ2v) is 6.27. The van der Waals surface area contributed by atoms with Crippen LogP contribution in [0, 0.1) is 6.92 Å². The summed E-state index contributed by atoms with van der Waals surface area (Å²) in [5, 5.41) is 5.50. The Morgan fingerprint density at radius 3 is 2.58 bits per heavy atom. The maximum atomic E-state index is 11.5. The molecular weight excluding hydrogens is 373 g/mol. The molecule has 0 spiro atoms. The van der Waals surface area contributed by atoms with Crippen molar-refractivity contribution in [1.29, 1.82) is 0 Å². The van der Waals surface area contributed by atoms with E-state index in [0.29, 0.717) is 27.0 Å². The number of hydrogen-bond donors (Lipinski definition) is 0. The number of halogens is 2. The van der Waals surface area contributed by atoms with Gasteiger partial charge in [0.2, 0.25) is 0 Å². The van der Waals surface area contributed by atoms with Gasteiger partial charge in [0.1, 0.15) is 5.15 Å². The van der Waals surface area contributed by atoms with Crippen LogP contribution in [0.3, 0.4) is 0 Å². The van der Waals surface area contributed by atoms with Gasteiger partial charge in [-0.25, -0.2) is 9.48 Å². The first-order valence-electron chi connectivity index (χ1n) is 7.73. The maximum Gasteiger partial charge on any atom is 0.337 e. The number of carbonyl (C=O) groups excluding carboxylic acids is 1. The van der Waals surface area contributed by atoms with Crippen molar-refractivity contribution in [2.45, 2.75) is 6.92 Å². The smallest absolute Gasteiger partial charge is 0.337 e. The highest BCUT2D eigenvalue weighted by Gasteiger charge is 2.13. The van der Waals surface area contributed by atoms with Crippen LogP contribution in [0.15, 0.2) is 53.5 Å². The first-order valence-corrected chi connectivity index (χ1v) is 8.48. The molecule has 0 fully saturated rings. The summed E-state index contributed by atoms with van der Waals surface area (Å²) in [6.07, 6.45) is 1.65. The number of methoxy groups -OCH3 is 1. The Labute approximate surface area is 160 Å². The fraction of sp³-hybridized carbons (Fsp3) is 0.105. The summed E-state index contributed by atoms with van der Waals surface area (Å²) >= 11 is 12.5. The summed E-state index contributed by atoms with van der Waals surface area (Å²) in [5.74, 6) is -0.387. The molecule has 1 heterocycles. The topological polar surface area (TPSA) is 56.5 Å². The number of hydrogen-bond acceptors (Lipinski definition) is 4. The zero-order valence-electron chi connectivity index (χ0n) is 14.1. The third kappa shape index (κ3) is 3.79. The van der Waals surface area contributed by atoms with E-state index in [9.17, 15) is 4.79 Å². The van der Waals surface area contributed by atoms with Gasteiger partial charge in [-0.05, 0) is 49.4 Å². The van der Waals surface area contributed by atoms with Gasteiger partial charge in [-0.2, -0.15) is 5.10 Å². The van der Waals surface area contributed by atoms with Crippen LogP contribution in [0.4, 0.5) is 5.69 Å². The molecule has 26 heavy (non-hydrogen) atoms. The number of carbonyl (C=O) groups is 1. The number of aromatic nitrogens is 2. The van der Waals surface area contributed by atoms with Crippen molar-refractivity contribution in [1.82, 2.24) is 9.78 Å². The number of esters is 1. The molecule has 3 rings (SSSR count). The molecule has 0 saturated heterocycles. The molecule has 0 saturated carbocycles. The Kier molecular flexibility index (Phi) is 5.40. The molecule has 5 nitrogen and oxygen atoms in total. The third-order valence-electron chi connectivity index (χ3n) is 3.73. The van der Waals surface area contributed by atoms with E-state index in [2.05, 4.69) is 14.8 Å². The second kappa shape index (κ2) is 7.72. The summed E-state index contributed by atoms with van der Waals surface area (Å²) in [6, 6.07) is 14.0. The molecule has 0 amide bonds. The van der Waals surface area contributed by atoms with Crippen LogP contribution in [-0.4, -0.2) is 29.1 Å². The van der Waals surface area contributed by atoms with Crippen molar-refractivity contribution >= 4 is 41.1 Å². The molecule has 0 radical (unpaired) electrons.